The van der Waals surface area contributed by atoms with Gasteiger partial charge in [-0.3, -0.25) is 0 Å². The van der Waals surface area contributed by atoms with Crippen molar-refractivity contribution < 1.29 is 9.47 Å². The normalized spacial score (nSPS) is 22.4. The highest BCUT2D eigenvalue weighted by molar-refractivity contribution is 5.26. The third kappa shape index (κ3) is 3.28. The van der Waals surface area contributed by atoms with E-state index < -0.39 is 0 Å². The average molecular weight is 235 g/mol. The van der Waals surface area contributed by atoms with Gasteiger partial charge in [-0.2, -0.15) is 0 Å². The molecule has 0 saturated carbocycles. The Bertz CT molecular complexity index is 348. The molecule has 2 N–H and O–H groups in total. The second-order valence-corrected chi connectivity index (χ2v) is 4.50. The molecule has 0 aromatic heterocycles. The minimum absolute atomic E-state index is 0.0133. The lowest BCUT2D eigenvalue weighted by atomic mass is 9.98. The maximum absolute atomic E-state index is 6.23. The molecular formula is C14H21NO2. The molecule has 1 aromatic carbocycles. The fourth-order valence-corrected chi connectivity index (χ4v) is 2.17. The fraction of sp³-hybridized carbons (Fsp3) is 0.571. The molecule has 94 valence electrons. The molecule has 0 spiro atoms. The first-order valence-electron chi connectivity index (χ1n) is 6.35. The van der Waals surface area contributed by atoms with Gasteiger partial charge in [-0.05, 0) is 17.5 Å². The lowest BCUT2D eigenvalue weighted by Gasteiger charge is -2.28. The van der Waals surface area contributed by atoms with Gasteiger partial charge in [0.05, 0.1) is 25.9 Å². The molecular weight excluding hydrogens is 214 g/mol. The first-order chi connectivity index (χ1) is 8.31. The largest absolute Gasteiger partial charge is 0.376 e. The number of aryl methyl sites for hydroxylation is 1. The van der Waals surface area contributed by atoms with Crippen molar-refractivity contribution >= 4 is 0 Å². The summed E-state index contributed by atoms with van der Waals surface area (Å²) in [6.45, 7) is 4.11. The first-order valence-corrected chi connectivity index (χ1v) is 6.35. The van der Waals surface area contributed by atoms with Crippen LogP contribution >= 0.6 is 0 Å². The van der Waals surface area contributed by atoms with Gasteiger partial charge in [-0.25, -0.2) is 0 Å². The van der Waals surface area contributed by atoms with Crippen LogP contribution in [0.25, 0.3) is 0 Å². The van der Waals surface area contributed by atoms with Crippen LogP contribution in [0.3, 0.4) is 0 Å². The highest BCUT2D eigenvalue weighted by Gasteiger charge is 2.23. The highest BCUT2D eigenvalue weighted by Crippen LogP contribution is 2.20. The maximum atomic E-state index is 6.23. The molecule has 1 heterocycles. The van der Waals surface area contributed by atoms with E-state index in [1.54, 1.807) is 0 Å². The summed E-state index contributed by atoms with van der Waals surface area (Å²) in [5.74, 6) is 0. The Labute approximate surface area is 103 Å². The molecule has 0 radical (unpaired) electrons. The van der Waals surface area contributed by atoms with Crippen molar-refractivity contribution in [1.82, 2.24) is 0 Å². The zero-order valence-electron chi connectivity index (χ0n) is 10.4. The van der Waals surface area contributed by atoms with Gasteiger partial charge in [0.25, 0.3) is 0 Å². The summed E-state index contributed by atoms with van der Waals surface area (Å²) < 4.78 is 11.0. The van der Waals surface area contributed by atoms with Crippen molar-refractivity contribution in [2.75, 3.05) is 19.8 Å². The maximum Gasteiger partial charge on any atom is 0.100 e. The van der Waals surface area contributed by atoms with Crippen LogP contribution in [-0.2, 0) is 15.9 Å². The van der Waals surface area contributed by atoms with E-state index in [1.807, 2.05) is 0 Å². The van der Waals surface area contributed by atoms with Crippen molar-refractivity contribution in [3.05, 3.63) is 35.4 Å². The number of rotatable bonds is 4. The smallest absolute Gasteiger partial charge is 0.100 e. The van der Waals surface area contributed by atoms with Crippen LogP contribution < -0.4 is 5.73 Å². The molecule has 1 saturated heterocycles. The van der Waals surface area contributed by atoms with Crippen molar-refractivity contribution in [3.8, 4) is 0 Å². The Morgan fingerprint density at radius 3 is 3.00 bits per heavy atom. The number of nitrogens with two attached hydrogens (primary N) is 1. The van der Waals surface area contributed by atoms with Crippen LogP contribution in [0.5, 0.6) is 0 Å². The molecule has 2 unspecified atom stereocenters. The minimum atomic E-state index is -0.0906. The van der Waals surface area contributed by atoms with E-state index in [1.165, 1.54) is 5.56 Å². The van der Waals surface area contributed by atoms with E-state index in [0.717, 1.165) is 18.4 Å². The van der Waals surface area contributed by atoms with Crippen LogP contribution in [0, 0.1) is 0 Å². The van der Waals surface area contributed by atoms with Crippen molar-refractivity contribution in [3.63, 3.8) is 0 Å². The van der Waals surface area contributed by atoms with Crippen molar-refractivity contribution in [2.45, 2.75) is 31.9 Å². The summed E-state index contributed by atoms with van der Waals surface area (Å²) in [6.07, 6.45) is 2.24. The summed E-state index contributed by atoms with van der Waals surface area (Å²) in [6, 6.07) is 8.39. The van der Waals surface area contributed by atoms with Crippen LogP contribution in [0.2, 0.25) is 0 Å². The van der Waals surface area contributed by atoms with Crippen LogP contribution in [0.15, 0.2) is 24.3 Å². The number of hydrogen-bond donors (Lipinski definition) is 1. The quantitative estimate of drug-likeness (QED) is 0.868. The second kappa shape index (κ2) is 6.15. The fourth-order valence-electron chi connectivity index (χ4n) is 2.17. The van der Waals surface area contributed by atoms with Crippen molar-refractivity contribution in [2.24, 2.45) is 5.73 Å². The molecule has 3 heteroatoms. The van der Waals surface area contributed by atoms with E-state index in [-0.39, 0.29) is 12.1 Å². The Morgan fingerprint density at radius 1 is 1.41 bits per heavy atom. The molecule has 1 aromatic rings. The first kappa shape index (κ1) is 12.6. The Kier molecular flexibility index (Phi) is 4.54. The van der Waals surface area contributed by atoms with E-state index >= 15 is 0 Å². The van der Waals surface area contributed by atoms with Gasteiger partial charge in [0.1, 0.15) is 6.10 Å². The predicted molar refractivity (Wildman–Crippen MR) is 67.9 cm³/mol. The third-order valence-electron chi connectivity index (χ3n) is 3.12. The van der Waals surface area contributed by atoms with E-state index in [9.17, 15) is 0 Å². The van der Waals surface area contributed by atoms with Crippen LogP contribution in [0.4, 0.5) is 0 Å². The standard InChI is InChI=1S/C14H21NO2/c1-2-4-11-5-3-6-12(9-11)14(15)13-10-16-7-8-17-13/h3,5-6,9,13-14H,2,4,7-8,10,15H2,1H3. The van der Waals surface area contributed by atoms with E-state index in [0.29, 0.717) is 19.8 Å². The molecule has 1 fully saturated rings. The van der Waals surface area contributed by atoms with E-state index in [4.69, 9.17) is 15.2 Å². The molecule has 0 amide bonds. The molecule has 2 rings (SSSR count). The van der Waals surface area contributed by atoms with E-state index in [2.05, 4.69) is 31.2 Å². The molecule has 1 aliphatic heterocycles. The number of benzene rings is 1. The number of hydrogen-bond acceptors (Lipinski definition) is 3. The monoisotopic (exact) mass is 235 g/mol. The highest BCUT2D eigenvalue weighted by atomic mass is 16.6. The zero-order valence-corrected chi connectivity index (χ0v) is 10.4. The summed E-state index contributed by atoms with van der Waals surface area (Å²) >= 11 is 0. The van der Waals surface area contributed by atoms with Gasteiger partial charge in [-0.15, -0.1) is 0 Å². The van der Waals surface area contributed by atoms with Gasteiger partial charge >= 0.3 is 0 Å². The Hall–Kier alpha value is -0.900. The van der Waals surface area contributed by atoms with Gasteiger partial charge in [0.2, 0.25) is 0 Å². The molecule has 0 aliphatic carbocycles. The summed E-state index contributed by atoms with van der Waals surface area (Å²) in [5, 5.41) is 0. The summed E-state index contributed by atoms with van der Waals surface area (Å²) in [4.78, 5) is 0. The Morgan fingerprint density at radius 2 is 2.29 bits per heavy atom. The van der Waals surface area contributed by atoms with Gasteiger partial charge < -0.3 is 15.2 Å². The molecule has 0 bridgehead atoms. The SMILES string of the molecule is CCCc1cccc(C(N)C2COCCO2)c1. The third-order valence-corrected chi connectivity index (χ3v) is 3.12. The van der Waals surface area contributed by atoms with Crippen LogP contribution in [0.1, 0.15) is 30.5 Å². The molecule has 2 atom stereocenters. The van der Waals surface area contributed by atoms with Gasteiger partial charge in [-0.1, -0.05) is 37.6 Å². The van der Waals surface area contributed by atoms with Gasteiger partial charge in [0.15, 0.2) is 0 Å². The second-order valence-electron chi connectivity index (χ2n) is 4.50. The topological polar surface area (TPSA) is 44.5 Å². The van der Waals surface area contributed by atoms with Gasteiger partial charge in [0, 0.05) is 0 Å². The average Bonchev–Trinajstić information content (AvgIpc) is 2.40. The Balaban J connectivity index is 2.06. The minimum Gasteiger partial charge on any atom is -0.376 e. The predicted octanol–water partition coefficient (Wildman–Crippen LogP) is 2.05. The molecule has 1 aliphatic rings. The lowest BCUT2D eigenvalue weighted by Crippen LogP contribution is -2.37. The van der Waals surface area contributed by atoms with Crippen molar-refractivity contribution in [1.29, 1.82) is 0 Å². The van der Waals surface area contributed by atoms with Crippen LogP contribution in [-0.4, -0.2) is 25.9 Å². The molecule has 17 heavy (non-hydrogen) atoms. The zero-order chi connectivity index (χ0) is 12.1. The lowest BCUT2D eigenvalue weighted by molar-refractivity contribution is -0.0975. The molecule has 3 nitrogen and oxygen atoms in total. The summed E-state index contributed by atoms with van der Waals surface area (Å²) in [7, 11) is 0. The summed E-state index contributed by atoms with van der Waals surface area (Å²) in [5.41, 5.74) is 8.72. The number of ether oxygens (including phenoxy) is 2.